The summed E-state index contributed by atoms with van der Waals surface area (Å²) in [6.07, 6.45) is 0.982. The number of aryl methyl sites for hydroxylation is 1. The Balaban J connectivity index is 2.24. The number of hydrogen-bond acceptors (Lipinski definition) is 2. The number of rotatable bonds is 6. The standard InChI is InChI=1S/C18H22FNO/c1-4-11-21-15-8-6-14(7-9-15)18(20-3)16-10-5-13(2)12-17(16)19/h5-10,12,18,20H,4,11H2,1-3H3. The number of halogens is 1. The molecular formula is C18H22FNO. The van der Waals surface area contributed by atoms with Crippen molar-refractivity contribution in [3.8, 4) is 5.75 Å². The van der Waals surface area contributed by atoms with Crippen LogP contribution in [0.25, 0.3) is 0 Å². The van der Waals surface area contributed by atoms with Crippen LogP contribution in [0.3, 0.4) is 0 Å². The predicted octanol–water partition coefficient (Wildman–Crippen LogP) is 4.23. The third-order valence-corrected chi connectivity index (χ3v) is 3.44. The van der Waals surface area contributed by atoms with Crippen LogP contribution in [0.15, 0.2) is 42.5 Å². The number of ether oxygens (including phenoxy) is 1. The second kappa shape index (κ2) is 7.23. The average Bonchev–Trinajstić information content (AvgIpc) is 2.49. The van der Waals surface area contributed by atoms with Crippen LogP contribution >= 0.6 is 0 Å². The molecule has 112 valence electrons. The van der Waals surface area contributed by atoms with Gasteiger partial charge in [-0.25, -0.2) is 4.39 Å². The maximum atomic E-state index is 14.2. The molecule has 2 rings (SSSR count). The second-order valence-corrected chi connectivity index (χ2v) is 5.16. The molecule has 0 aliphatic rings. The van der Waals surface area contributed by atoms with Crippen LogP contribution in [0.5, 0.6) is 5.75 Å². The Hall–Kier alpha value is -1.87. The van der Waals surface area contributed by atoms with Gasteiger partial charge in [-0.05, 0) is 49.7 Å². The highest BCUT2D eigenvalue weighted by Crippen LogP contribution is 2.26. The van der Waals surface area contributed by atoms with Crippen molar-refractivity contribution in [2.24, 2.45) is 0 Å². The predicted molar refractivity (Wildman–Crippen MR) is 84.3 cm³/mol. The van der Waals surface area contributed by atoms with Crippen molar-refractivity contribution in [3.05, 3.63) is 65.0 Å². The summed E-state index contributed by atoms with van der Waals surface area (Å²) < 4.78 is 19.7. The summed E-state index contributed by atoms with van der Waals surface area (Å²) in [5.74, 6) is 0.667. The Bertz CT molecular complexity index is 580. The van der Waals surface area contributed by atoms with Crippen molar-refractivity contribution >= 4 is 0 Å². The maximum absolute atomic E-state index is 14.2. The van der Waals surface area contributed by atoms with Crippen molar-refractivity contribution < 1.29 is 9.13 Å². The summed E-state index contributed by atoms with van der Waals surface area (Å²) in [7, 11) is 1.84. The molecule has 1 atom stereocenters. The third-order valence-electron chi connectivity index (χ3n) is 3.44. The van der Waals surface area contributed by atoms with E-state index < -0.39 is 0 Å². The van der Waals surface area contributed by atoms with Crippen molar-refractivity contribution in [3.63, 3.8) is 0 Å². The largest absolute Gasteiger partial charge is 0.494 e. The summed E-state index contributed by atoms with van der Waals surface area (Å²) in [6, 6.07) is 13.0. The molecule has 0 aromatic heterocycles. The van der Waals surface area contributed by atoms with E-state index >= 15 is 0 Å². The smallest absolute Gasteiger partial charge is 0.128 e. The van der Waals surface area contributed by atoms with Crippen LogP contribution < -0.4 is 10.1 Å². The molecule has 3 heteroatoms. The van der Waals surface area contributed by atoms with Crippen molar-refractivity contribution in [1.82, 2.24) is 5.32 Å². The molecular weight excluding hydrogens is 265 g/mol. The quantitative estimate of drug-likeness (QED) is 0.858. The van der Waals surface area contributed by atoms with Gasteiger partial charge in [-0.1, -0.05) is 31.2 Å². The molecule has 0 radical (unpaired) electrons. The van der Waals surface area contributed by atoms with Gasteiger partial charge >= 0.3 is 0 Å². The van der Waals surface area contributed by atoms with Gasteiger partial charge in [0.15, 0.2) is 0 Å². The van der Waals surface area contributed by atoms with Gasteiger partial charge in [0.1, 0.15) is 11.6 Å². The Morgan fingerprint density at radius 2 is 1.86 bits per heavy atom. The van der Waals surface area contributed by atoms with Gasteiger partial charge in [-0.2, -0.15) is 0 Å². The third kappa shape index (κ3) is 3.82. The van der Waals surface area contributed by atoms with Gasteiger partial charge in [-0.3, -0.25) is 0 Å². The molecule has 2 aromatic rings. The van der Waals surface area contributed by atoms with Crippen LogP contribution in [0.2, 0.25) is 0 Å². The zero-order valence-electron chi connectivity index (χ0n) is 12.8. The number of hydrogen-bond donors (Lipinski definition) is 1. The SMILES string of the molecule is CCCOc1ccc(C(NC)c2ccc(C)cc2F)cc1. The molecule has 0 heterocycles. The molecule has 0 amide bonds. The molecule has 0 aliphatic heterocycles. The highest BCUT2D eigenvalue weighted by Gasteiger charge is 2.16. The molecule has 21 heavy (non-hydrogen) atoms. The van der Waals surface area contributed by atoms with E-state index in [2.05, 4.69) is 12.2 Å². The van der Waals surface area contributed by atoms with E-state index in [0.717, 1.165) is 23.3 Å². The fraction of sp³-hybridized carbons (Fsp3) is 0.333. The monoisotopic (exact) mass is 287 g/mol. The molecule has 2 aromatic carbocycles. The Morgan fingerprint density at radius 1 is 1.14 bits per heavy atom. The van der Waals surface area contributed by atoms with E-state index in [1.54, 1.807) is 6.07 Å². The van der Waals surface area contributed by atoms with Gasteiger partial charge in [0.05, 0.1) is 12.6 Å². The van der Waals surface area contributed by atoms with Crippen LogP contribution in [-0.4, -0.2) is 13.7 Å². The molecule has 0 saturated heterocycles. The number of benzene rings is 2. The number of nitrogens with one attached hydrogen (secondary N) is 1. The van der Waals surface area contributed by atoms with Crippen LogP contribution in [0.1, 0.15) is 36.1 Å². The minimum atomic E-state index is -0.180. The average molecular weight is 287 g/mol. The first-order valence-electron chi connectivity index (χ1n) is 7.31. The Morgan fingerprint density at radius 3 is 2.43 bits per heavy atom. The first-order chi connectivity index (χ1) is 10.2. The lowest BCUT2D eigenvalue weighted by atomic mass is 9.97. The van der Waals surface area contributed by atoms with Crippen LogP contribution in [0, 0.1) is 12.7 Å². The van der Waals surface area contributed by atoms with Crippen LogP contribution in [0.4, 0.5) is 4.39 Å². The molecule has 2 nitrogen and oxygen atoms in total. The maximum Gasteiger partial charge on any atom is 0.128 e. The summed E-state index contributed by atoms with van der Waals surface area (Å²) in [4.78, 5) is 0. The molecule has 1 N–H and O–H groups in total. The van der Waals surface area contributed by atoms with Gasteiger partial charge in [0.25, 0.3) is 0 Å². The molecule has 0 aliphatic carbocycles. The summed E-state index contributed by atoms with van der Waals surface area (Å²) in [5, 5.41) is 3.18. The van der Waals surface area contributed by atoms with E-state index in [1.165, 1.54) is 0 Å². The van der Waals surface area contributed by atoms with Crippen molar-refractivity contribution in [1.29, 1.82) is 0 Å². The molecule has 0 spiro atoms. The molecule has 0 saturated carbocycles. The summed E-state index contributed by atoms with van der Waals surface area (Å²) in [5.41, 5.74) is 2.60. The summed E-state index contributed by atoms with van der Waals surface area (Å²) in [6.45, 7) is 4.67. The van der Waals surface area contributed by atoms with Gasteiger partial charge in [-0.15, -0.1) is 0 Å². The van der Waals surface area contributed by atoms with E-state index in [4.69, 9.17) is 4.74 Å². The van der Waals surface area contributed by atoms with Crippen LogP contribution in [-0.2, 0) is 0 Å². The topological polar surface area (TPSA) is 21.3 Å². The highest BCUT2D eigenvalue weighted by atomic mass is 19.1. The highest BCUT2D eigenvalue weighted by molar-refractivity contribution is 5.37. The van der Waals surface area contributed by atoms with E-state index in [9.17, 15) is 4.39 Å². The zero-order chi connectivity index (χ0) is 15.2. The van der Waals surface area contributed by atoms with Gasteiger partial charge in [0.2, 0.25) is 0 Å². The lowest BCUT2D eigenvalue weighted by Crippen LogP contribution is -2.19. The normalized spacial score (nSPS) is 12.2. The molecule has 0 fully saturated rings. The minimum Gasteiger partial charge on any atom is -0.494 e. The lowest BCUT2D eigenvalue weighted by molar-refractivity contribution is 0.317. The summed E-state index contributed by atoms with van der Waals surface area (Å²) >= 11 is 0. The fourth-order valence-corrected chi connectivity index (χ4v) is 2.34. The second-order valence-electron chi connectivity index (χ2n) is 5.16. The molecule has 1 unspecified atom stereocenters. The first-order valence-corrected chi connectivity index (χ1v) is 7.31. The minimum absolute atomic E-state index is 0.161. The zero-order valence-corrected chi connectivity index (χ0v) is 12.8. The Kier molecular flexibility index (Phi) is 5.34. The van der Waals surface area contributed by atoms with Gasteiger partial charge < -0.3 is 10.1 Å². The van der Waals surface area contributed by atoms with E-state index in [-0.39, 0.29) is 11.9 Å². The Labute approximate surface area is 126 Å². The first kappa shape index (κ1) is 15.5. The lowest BCUT2D eigenvalue weighted by Gasteiger charge is -2.18. The van der Waals surface area contributed by atoms with E-state index in [1.807, 2.05) is 50.4 Å². The van der Waals surface area contributed by atoms with Crippen molar-refractivity contribution in [2.75, 3.05) is 13.7 Å². The van der Waals surface area contributed by atoms with E-state index in [0.29, 0.717) is 12.2 Å². The molecule has 0 bridgehead atoms. The van der Waals surface area contributed by atoms with Crippen molar-refractivity contribution in [2.45, 2.75) is 26.3 Å². The fourth-order valence-electron chi connectivity index (χ4n) is 2.34. The van der Waals surface area contributed by atoms with Gasteiger partial charge in [0, 0.05) is 5.56 Å².